The molecule has 228 valence electrons. The second kappa shape index (κ2) is 16.1. The number of amides is 3. The van der Waals surface area contributed by atoms with Gasteiger partial charge in [-0.25, -0.2) is 4.98 Å². The number of rotatable bonds is 13. The Morgan fingerprint density at radius 2 is 1.85 bits per heavy atom. The molecule has 5 N–H and O–H groups in total. The van der Waals surface area contributed by atoms with Crippen molar-refractivity contribution in [1.82, 2.24) is 20.5 Å². The van der Waals surface area contributed by atoms with Crippen LogP contribution in [0.15, 0.2) is 29.8 Å². The molecule has 3 rings (SSSR count). The number of carbonyl (C=O) groups excluding carboxylic acids is 3. The molecule has 41 heavy (non-hydrogen) atoms. The third-order valence-corrected chi connectivity index (χ3v) is 7.56. The van der Waals surface area contributed by atoms with E-state index in [0.29, 0.717) is 19.8 Å². The van der Waals surface area contributed by atoms with Gasteiger partial charge in [0.2, 0.25) is 17.7 Å². The smallest absolute Gasteiger partial charge is 0.246 e. The van der Waals surface area contributed by atoms with Crippen LogP contribution in [0.25, 0.3) is 10.4 Å². The van der Waals surface area contributed by atoms with Gasteiger partial charge in [-0.1, -0.05) is 45.0 Å². The fourth-order valence-corrected chi connectivity index (χ4v) is 5.26. The molecule has 11 nitrogen and oxygen atoms in total. The Labute approximate surface area is 251 Å². The molecule has 1 unspecified atom stereocenters. The van der Waals surface area contributed by atoms with Crippen LogP contribution >= 0.6 is 23.7 Å². The monoisotopic (exact) mass is 611 g/mol. The van der Waals surface area contributed by atoms with Crippen molar-refractivity contribution < 1.29 is 29.0 Å². The standard InChI is InChI=1S/C28H41N5O6S.ClH/c1-18-24(40-17-31-18)20-7-5-19(6-8-20)14-30-26(36)22-13-21(34)15-33(22)27(37)25(28(2,3)4)32-23(35)16-39-12-11-38-10-9-29;/h5-8,17,21-22,25,34H,9-16,29H2,1-4H3,(H,30,36)(H,32,35);1H/t21-,22+,25?;/m1./s1. The number of hydrogen-bond donors (Lipinski definition) is 4. The summed E-state index contributed by atoms with van der Waals surface area (Å²) in [7, 11) is 0. The first-order valence-corrected chi connectivity index (χ1v) is 14.3. The van der Waals surface area contributed by atoms with Gasteiger partial charge in [-0.2, -0.15) is 0 Å². The molecule has 0 aliphatic carbocycles. The quantitative estimate of drug-likeness (QED) is 0.249. The van der Waals surface area contributed by atoms with Gasteiger partial charge in [-0.05, 0) is 23.5 Å². The maximum Gasteiger partial charge on any atom is 0.246 e. The molecule has 1 aromatic heterocycles. The Bertz CT molecular complexity index is 1140. The first-order chi connectivity index (χ1) is 19.0. The van der Waals surface area contributed by atoms with Gasteiger partial charge in [-0.15, -0.1) is 23.7 Å². The van der Waals surface area contributed by atoms with Crippen LogP contribution in [0.4, 0.5) is 0 Å². The molecule has 0 spiro atoms. The number of hydrogen-bond acceptors (Lipinski definition) is 9. The van der Waals surface area contributed by atoms with Crippen molar-refractivity contribution in [1.29, 1.82) is 0 Å². The summed E-state index contributed by atoms with van der Waals surface area (Å²) in [6.45, 7) is 8.85. The summed E-state index contributed by atoms with van der Waals surface area (Å²) in [4.78, 5) is 46.1. The van der Waals surface area contributed by atoms with Gasteiger partial charge in [0.25, 0.3) is 0 Å². The molecular weight excluding hydrogens is 570 g/mol. The normalized spacial score (nSPS) is 17.6. The van der Waals surface area contributed by atoms with Crippen molar-refractivity contribution in [3.8, 4) is 10.4 Å². The van der Waals surface area contributed by atoms with E-state index in [1.807, 2.05) is 57.5 Å². The molecule has 2 aromatic rings. The minimum Gasteiger partial charge on any atom is -0.391 e. The zero-order valence-corrected chi connectivity index (χ0v) is 25.7. The molecule has 13 heteroatoms. The number of aliphatic hydroxyl groups is 1. The minimum atomic E-state index is -0.916. The highest BCUT2D eigenvalue weighted by Gasteiger charge is 2.44. The summed E-state index contributed by atoms with van der Waals surface area (Å²) in [6.07, 6.45) is -0.715. The first kappa shape index (κ1) is 34.6. The number of β-amino-alcohol motifs (C(OH)–C–C–N with tert-alkyl or cyclic N) is 1. The predicted molar refractivity (Wildman–Crippen MR) is 160 cm³/mol. The Kier molecular flexibility index (Phi) is 13.6. The molecule has 0 radical (unpaired) electrons. The maximum absolute atomic E-state index is 13.6. The molecule has 1 aliphatic heterocycles. The highest BCUT2D eigenvalue weighted by atomic mass is 35.5. The summed E-state index contributed by atoms with van der Waals surface area (Å²) in [6, 6.07) is 6.10. The number of aliphatic hydroxyl groups excluding tert-OH is 1. The molecule has 0 bridgehead atoms. The summed E-state index contributed by atoms with van der Waals surface area (Å²) in [5.74, 6) is -1.23. The van der Waals surface area contributed by atoms with E-state index in [1.165, 1.54) is 4.90 Å². The number of likely N-dealkylation sites (tertiary alicyclic amines) is 1. The Morgan fingerprint density at radius 1 is 1.17 bits per heavy atom. The Hall–Kier alpha value is -2.61. The lowest BCUT2D eigenvalue weighted by Crippen LogP contribution is -2.58. The van der Waals surface area contributed by atoms with Crippen molar-refractivity contribution in [3.63, 3.8) is 0 Å². The number of benzene rings is 1. The van der Waals surface area contributed by atoms with Crippen molar-refractivity contribution in [2.24, 2.45) is 11.1 Å². The lowest BCUT2D eigenvalue weighted by Gasteiger charge is -2.35. The van der Waals surface area contributed by atoms with Crippen LogP contribution in [-0.2, 0) is 30.4 Å². The number of nitrogens with zero attached hydrogens (tertiary/aromatic N) is 2. The molecule has 1 saturated heterocycles. The third-order valence-electron chi connectivity index (χ3n) is 6.58. The fraction of sp³-hybridized carbons (Fsp3) is 0.571. The second-order valence-corrected chi connectivity index (χ2v) is 11.8. The maximum atomic E-state index is 13.6. The molecule has 1 aromatic carbocycles. The zero-order chi connectivity index (χ0) is 29.3. The van der Waals surface area contributed by atoms with E-state index in [9.17, 15) is 19.5 Å². The van der Waals surface area contributed by atoms with Crippen LogP contribution in [0.2, 0.25) is 0 Å². The molecule has 0 saturated carbocycles. The van der Waals surface area contributed by atoms with E-state index < -0.39 is 35.4 Å². The van der Waals surface area contributed by atoms with E-state index >= 15 is 0 Å². The van der Waals surface area contributed by atoms with Crippen LogP contribution in [0.3, 0.4) is 0 Å². The number of halogens is 1. The first-order valence-electron chi connectivity index (χ1n) is 13.4. The highest BCUT2D eigenvalue weighted by molar-refractivity contribution is 7.13. The number of nitrogens with two attached hydrogens (primary N) is 1. The van der Waals surface area contributed by atoms with Crippen LogP contribution in [0, 0.1) is 12.3 Å². The van der Waals surface area contributed by atoms with Crippen molar-refractivity contribution >= 4 is 41.5 Å². The van der Waals surface area contributed by atoms with Gasteiger partial charge in [0.1, 0.15) is 18.7 Å². The van der Waals surface area contributed by atoms with E-state index in [-0.39, 0.29) is 51.0 Å². The predicted octanol–water partition coefficient (Wildman–Crippen LogP) is 1.64. The number of nitrogens with one attached hydrogen (secondary N) is 2. The summed E-state index contributed by atoms with van der Waals surface area (Å²) >= 11 is 1.58. The van der Waals surface area contributed by atoms with Crippen LogP contribution in [0.5, 0.6) is 0 Å². The summed E-state index contributed by atoms with van der Waals surface area (Å²) < 4.78 is 10.6. The average molecular weight is 612 g/mol. The minimum absolute atomic E-state index is 0. The lowest BCUT2D eigenvalue weighted by atomic mass is 9.85. The van der Waals surface area contributed by atoms with Crippen LogP contribution in [-0.4, -0.2) is 90.4 Å². The molecule has 2 heterocycles. The van der Waals surface area contributed by atoms with Gasteiger partial charge in [0, 0.05) is 26.1 Å². The Balaban J connectivity index is 0.00000588. The largest absolute Gasteiger partial charge is 0.391 e. The van der Waals surface area contributed by atoms with Crippen molar-refractivity contribution in [3.05, 3.63) is 41.0 Å². The SMILES string of the molecule is Cc1ncsc1-c1ccc(CNC(=O)[C@@H]2C[C@@H](O)CN2C(=O)C(NC(=O)COCCOCCN)C(C)(C)C)cc1.Cl. The zero-order valence-electron chi connectivity index (χ0n) is 24.1. The summed E-state index contributed by atoms with van der Waals surface area (Å²) in [5, 5.41) is 16.0. The van der Waals surface area contributed by atoms with E-state index in [4.69, 9.17) is 15.2 Å². The molecule has 3 amide bonds. The van der Waals surface area contributed by atoms with Gasteiger partial charge < -0.3 is 35.8 Å². The van der Waals surface area contributed by atoms with E-state index in [2.05, 4.69) is 15.6 Å². The van der Waals surface area contributed by atoms with Crippen molar-refractivity contribution in [2.45, 2.75) is 58.8 Å². The average Bonchev–Trinajstić information content (AvgIpc) is 3.52. The highest BCUT2D eigenvalue weighted by Crippen LogP contribution is 2.28. The summed E-state index contributed by atoms with van der Waals surface area (Å²) in [5.41, 5.74) is 9.47. The second-order valence-electron chi connectivity index (χ2n) is 10.9. The van der Waals surface area contributed by atoms with Gasteiger partial charge >= 0.3 is 0 Å². The number of carbonyl (C=O) groups is 3. The number of aromatic nitrogens is 1. The Morgan fingerprint density at radius 3 is 2.46 bits per heavy atom. The molecule has 1 aliphatic rings. The number of aryl methyl sites for hydroxylation is 1. The third kappa shape index (κ3) is 10.0. The molecular formula is C28H42ClN5O6S. The topological polar surface area (TPSA) is 156 Å². The van der Waals surface area contributed by atoms with E-state index in [0.717, 1.165) is 21.7 Å². The van der Waals surface area contributed by atoms with Crippen LogP contribution in [0.1, 0.15) is 38.4 Å². The lowest BCUT2D eigenvalue weighted by molar-refractivity contribution is -0.144. The van der Waals surface area contributed by atoms with Crippen LogP contribution < -0.4 is 16.4 Å². The molecule has 1 fully saturated rings. The van der Waals surface area contributed by atoms with Gasteiger partial charge in [0.05, 0.1) is 42.0 Å². The van der Waals surface area contributed by atoms with Gasteiger partial charge in [-0.3, -0.25) is 14.4 Å². The van der Waals surface area contributed by atoms with Gasteiger partial charge in [0.15, 0.2) is 0 Å². The van der Waals surface area contributed by atoms with Crippen molar-refractivity contribution in [2.75, 3.05) is 39.5 Å². The number of thiazole rings is 1. The number of ether oxygens (including phenoxy) is 2. The fourth-order valence-electron chi connectivity index (χ4n) is 4.45. The molecule has 3 atom stereocenters. The van der Waals surface area contributed by atoms with E-state index in [1.54, 1.807) is 11.3 Å².